The van der Waals surface area contributed by atoms with Crippen molar-refractivity contribution in [2.24, 2.45) is 0 Å². The highest BCUT2D eigenvalue weighted by atomic mass is 79.9. The third-order valence-corrected chi connectivity index (χ3v) is 5.18. The molecule has 3 nitrogen and oxygen atoms in total. The molecule has 1 fully saturated rings. The molecular weight excluding hydrogens is 376 g/mol. The first-order chi connectivity index (χ1) is 12.3. The van der Waals surface area contributed by atoms with Crippen molar-refractivity contribution in [3.63, 3.8) is 0 Å². The summed E-state index contributed by atoms with van der Waals surface area (Å²) in [6, 6.07) is 18.6. The van der Waals surface area contributed by atoms with Gasteiger partial charge in [0.15, 0.2) is 0 Å². The van der Waals surface area contributed by atoms with Gasteiger partial charge in [-0.3, -0.25) is 0 Å². The molecule has 4 rings (SSSR count). The highest BCUT2D eigenvalue weighted by Crippen LogP contribution is 2.28. The van der Waals surface area contributed by atoms with Crippen molar-refractivity contribution in [3.8, 4) is 5.75 Å². The molecule has 0 unspecified atom stereocenters. The number of hydrogen-bond acceptors (Lipinski definition) is 3. The van der Waals surface area contributed by atoms with Gasteiger partial charge in [0.05, 0.1) is 0 Å². The number of aromatic nitrogens is 1. The zero-order valence-corrected chi connectivity index (χ0v) is 15.7. The minimum Gasteiger partial charge on any atom is -0.487 e. The van der Waals surface area contributed by atoms with E-state index >= 15 is 0 Å². The zero-order chi connectivity index (χ0) is 17.1. The van der Waals surface area contributed by atoms with E-state index in [4.69, 9.17) is 9.72 Å². The van der Waals surface area contributed by atoms with Gasteiger partial charge in [-0.25, -0.2) is 4.98 Å². The number of pyridine rings is 1. The Bertz CT molecular complexity index is 857. The number of halogens is 1. The lowest BCUT2D eigenvalue weighted by molar-refractivity contribution is 0.309. The van der Waals surface area contributed by atoms with Crippen molar-refractivity contribution in [2.75, 3.05) is 18.0 Å². The molecule has 0 N–H and O–H groups in total. The molecule has 0 radical (unpaired) electrons. The molecule has 0 bridgehead atoms. The minimum absolute atomic E-state index is 0.544. The Morgan fingerprint density at radius 3 is 2.52 bits per heavy atom. The van der Waals surface area contributed by atoms with Crippen molar-refractivity contribution in [3.05, 3.63) is 64.6 Å². The van der Waals surface area contributed by atoms with Crippen LogP contribution >= 0.6 is 15.9 Å². The maximum atomic E-state index is 6.09. The van der Waals surface area contributed by atoms with E-state index in [9.17, 15) is 0 Å². The van der Waals surface area contributed by atoms with Gasteiger partial charge >= 0.3 is 0 Å². The summed E-state index contributed by atoms with van der Waals surface area (Å²) in [5, 5.41) is 1.12. The van der Waals surface area contributed by atoms with Gasteiger partial charge in [0, 0.05) is 22.9 Å². The van der Waals surface area contributed by atoms with Gasteiger partial charge in [0.2, 0.25) is 0 Å². The van der Waals surface area contributed by atoms with Crippen LogP contribution in [0, 0.1) is 0 Å². The Kier molecular flexibility index (Phi) is 4.88. The fraction of sp³-hybridized carbons (Fsp3) is 0.286. The Balaban J connectivity index is 1.60. The molecule has 1 aliphatic heterocycles. The molecule has 0 saturated carbocycles. The Morgan fingerprint density at radius 2 is 1.72 bits per heavy atom. The minimum atomic E-state index is 0.544. The molecular formula is C21H21BrN2O. The third kappa shape index (κ3) is 3.79. The van der Waals surface area contributed by atoms with Gasteiger partial charge in [0.1, 0.15) is 23.7 Å². The molecule has 3 aromatic rings. The van der Waals surface area contributed by atoms with Crippen LogP contribution < -0.4 is 9.64 Å². The lowest BCUT2D eigenvalue weighted by Gasteiger charge is -2.28. The summed E-state index contributed by atoms with van der Waals surface area (Å²) in [5.74, 6) is 1.91. The van der Waals surface area contributed by atoms with Crippen LogP contribution in [0.2, 0.25) is 0 Å². The number of nitrogens with zero attached hydrogens (tertiary/aromatic N) is 2. The van der Waals surface area contributed by atoms with E-state index in [1.54, 1.807) is 0 Å². The quantitative estimate of drug-likeness (QED) is 0.576. The van der Waals surface area contributed by atoms with Crippen molar-refractivity contribution in [2.45, 2.75) is 25.9 Å². The summed E-state index contributed by atoms with van der Waals surface area (Å²) < 4.78 is 7.17. The van der Waals surface area contributed by atoms with Crippen LogP contribution in [0.5, 0.6) is 5.75 Å². The second kappa shape index (κ2) is 7.44. The van der Waals surface area contributed by atoms with E-state index < -0.39 is 0 Å². The number of ether oxygens (including phenoxy) is 1. The average Bonchev–Trinajstić information content (AvgIpc) is 2.68. The van der Waals surface area contributed by atoms with Crippen LogP contribution in [0.4, 0.5) is 5.82 Å². The summed E-state index contributed by atoms with van der Waals surface area (Å²) in [5.41, 5.74) is 2.09. The molecule has 2 heterocycles. The largest absolute Gasteiger partial charge is 0.487 e. The van der Waals surface area contributed by atoms with Gasteiger partial charge in [-0.15, -0.1) is 0 Å². The smallest absolute Gasteiger partial charge is 0.146 e. The summed E-state index contributed by atoms with van der Waals surface area (Å²) in [4.78, 5) is 7.30. The molecule has 0 spiro atoms. The summed E-state index contributed by atoms with van der Waals surface area (Å²) in [7, 11) is 0. The monoisotopic (exact) mass is 396 g/mol. The van der Waals surface area contributed by atoms with Crippen LogP contribution in [0.3, 0.4) is 0 Å². The fourth-order valence-corrected chi connectivity index (χ4v) is 3.53. The molecule has 1 aromatic heterocycles. The van der Waals surface area contributed by atoms with E-state index in [0.29, 0.717) is 6.61 Å². The van der Waals surface area contributed by atoms with E-state index in [-0.39, 0.29) is 0 Å². The number of rotatable bonds is 4. The number of piperidine rings is 1. The number of para-hydroxylation sites is 1. The first-order valence-corrected chi connectivity index (χ1v) is 9.61. The molecule has 4 heteroatoms. The fourth-order valence-electron chi connectivity index (χ4n) is 3.27. The summed E-state index contributed by atoms with van der Waals surface area (Å²) in [6.45, 7) is 2.74. The maximum absolute atomic E-state index is 6.09. The number of benzene rings is 2. The van der Waals surface area contributed by atoms with Crippen LogP contribution in [0.15, 0.2) is 59.1 Å². The van der Waals surface area contributed by atoms with E-state index in [1.807, 2.05) is 24.3 Å². The number of hydrogen-bond donors (Lipinski definition) is 0. The normalized spacial score (nSPS) is 14.7. The van der Waals surface area contributed by atoms with E-state index in [0.717, 1.165) is 45.6 Å². The SMILES string of the molecule is Brc1ccc(COc2cccc3ccc(N4CCCCC4)nc23)cc1. The summed E-state index contributed by atoms with van der Waals surface area (Å²) in [6.07, 6.45) is 3.83. The van der Waals surface area contributed by atoms with Crippen LogP contribution in [0.1, 0.15) is 24.8 Å². The van der Waals surface area contributed by atoms with Crippen LogP contribution in [-0.2, 0) is 6.61 Å². The zero-order valence-electron chi connectivity index (χ0n) is 14.1. The first-order valence-electron chi connectivity index (χ1n) is 8.81. The van der Waals surface area contributed by atoms with Gasteiger partial charge in [-0.05, 0) is 55.2 Å². The number of fused-ring (bicyclic) bond motifs is 1. The van der Waals surface area contributed by atoms with E-state index in [1.165, 1.54) is 19.3 Å². The Hall–Kier alpha value is -2.07. The predicted octanol–water partition coefficient (Wildman–Crippen LogP) is 5.57. The lowest BCUT2D eigenvalue weighted by atomic mass is 10.1. The van der Waals surface area contributed by atoms with Gasteiger partial charge in [0.25, 0.3) is 0 Å². The molecule has 2 aromatic carbocycles. The number of anilines is 1. The molecule has 1 saturated heterocycles. The molecule has 1 aliphatic rings. The van der Waals surface area contributed by atoms with Gasteiger partial charge in [-0.1, -0.05) is 40.2 Å². The predicted molar refractivity (Wildman–Crippen MR) is 106 cm³/mol. The Labute approximate surface area is 156 Å². The first kappa shape index (κ1) is 16.4. The van der Waals surface area contributed by atoms with Gasteiger partial charge < -0.3 is 9.64 Å². The highest BCUT2D eigenvalue weighted by molar-refractivity contribution is 9.10. The maximum Gasteiger partial charge on any atom is 0.146 e. The second-order valence-corrected chi connectivity index (χ2v) is 7.38. The Morgan fingerprint density at radius 1 is 0.920 bits per heavy atom. The van der Waals surface area contributed by atoms with E-state index in [2.05, 4.69) is 51.2 Å². The standard InChI is InChI=1S/C21H21BrN2O/c22-18-10-7-16(8-11-18)15-25-19-6-4-5-17-9-12-20(23-21(17)19)24-13-2-1-3-14-24/h4-12H,1-3,13-15H2. The topological polar surface area (TPSA) is 25.4 Å². The lowest BCUT2D eigenvalue weighted by Crippen LogP contribution is -2.30. The molecule has 128 valence electrons. The second-order valence-electron chi connectivity index (χ2n) is 6.46. The van der Waals surface area contributed by atoms with Gasteiger partial charge in [-0.2, -0.15) is 0 Å². The third-order valence-electron chi connectivity index (χ3n) is 4.66. The average molecular weight is 397 g/mol. The molecule has 25 heavy (non-hydrogen) atoms. The van der Waals surface area contributed by atoms with Crippen molar-refractivity contribution < 1.29 is 4.74 Å². The molecule has 0 amide bonds. The molecule has 0 atom stereocenters. The molecule has 0 aliphatic carbocycles. The van der Waals surface area contributed by atoms with Crippen molar-refractivity contribution in [1.29, 1.82) is 0 Å². The van der Waals surface area contributed by atoms with Crippen LogP contribution in [0.25, 0.3) is 10.9 Å². The van der Waals surface area contributed by atoms with Crippen molar-refractivity contribution in [1.82, 2.24) is 4.98 Å². The van der Waals surface area contributed by atoms with Crippen LogP contribution in [-0.4, -0.2) is 18.1 Å². The highest BCUT2D eigenvalue weighted by Gasteiger charge is 2.13. The summed E-state index contributed by atoms with van der Waals surface area (Å²) >= 11 is 3.46. The van der Waals surface area contributed by atoms with Crippen molar-refractivity contribution >= 4 is 32.7 Å².